The van der Waals surface area contributed by atoms with E-state index < -0.39 is 0 Å². The van der Waals surface area contributed by atoms with Crippen molar-refractivity contribution in [3.8, 4) is 28.5 Å². The molecule has 0 saturated heterocycles. The Labute approximate surface area is 143 Å². The fourth-order valence-electron chi connectivity index (χ4n) is 2.52. The highest BCUT2D eigenvalue weighted by Gasteiger charge is 2.12. The summed E-state index contributed by atoms with van der Waals surface area (Å²) in [5.41, 5.74) is 2.84. The number of rotatable bonds is 5. The van der Waals surface area contributed by atoms with Crippen molar-refractivity contribution in [1.29, 1.82) is 0 Å². The first-order chi connectivity index (χ1) is 12.3. The Kier molecular flexibility index (Phi) is 3.96. The van der Waals surface area contributed by atoms with E-state index in [0.29, 0.717) is 18.3 Å². The van der Waals surface area contributed by atoms with E-state index in [1.165, 1.54) is 0 Å². The molecule has 0 fully saturated rings. The van der Waals surface area contributed by atoms with Gasteiger partial charge in [-0.2, -0.15) is 5.10 Å². The number of nitrogens with zero attached hydrogens (tertiary/aromatic N) is 5. The van der Waals surface area contributed by atoms with Gasteiger partial charge >= 0.3 is 0 Å². The van der Waals surface area contributed by atoms with Crippen LogP contribution in [-0.2, 0) is 6.54 Å². The summed E-state index contributed by atoms with van der Waals surface area (Å²) >= 11 is 0. The molecule has 0 saturated carbocycles. The fraction of sp³-hybridized carbons (Fsp3) is 0.111. The third-order valence-electron chi connectivity index (χ3n) is 3.78. The zero-order valence-corrected chi connectivity index (χ0v) is 13.5. The van der Waals surface area contributed by atoms with Crippen LogP contribution in [0.15, 0.2) is 65.5 Å². The van der Waals surface area contributed by atoms with E-state index in [4.69, 9.17) is 9.15 Å². The summed E-state index contributed by atoms with van der Waals surface area (Å²) in [5, 5.41) is 12.6. The Balaban J connectivity index is 1.57. The van der Waals surface area contributed by atoms with Gasteiger partial charge in [-0.25, -0.2) is 0 Å². The SMILES string of the molecule is COc1ccc(-c2nnc(Cn3nccc3-c3ccncc3)o2)cc1. The van der Waals surface area contributed by atoms with Crippen LogP contribution in [0.5, 0.6) is 5.75 Å². The van der Waals surface area contributed by atoms with Crippen LogP contribution in [0.3, 0.4) is 0 Å². The lowest BCUT2D eigenvalue weighted by atomic mass is 10.2. The standard InChI is InChI=1S/C18H15N5O2/c1-24-15-4-2-14(3-5-15)18-22-21-17(25-18)12-23-16(8-11-20-23)13-6-9-19-10-7-13/h2-11H,12H2,1H3. The number of pyridine rings is 1. The highest BCUT2D eigenvalue weighted by atomic mass is 16.5. The van der Waals surface area contributed by atoms with Gasteiger partial charge in [0.05, 0.1) is 12.8 Å². The second-order valence-electron chi connectivity index (χ2n) is 5.34. The number of aromatic nitrogens is 5. The largest absolute Gasteiger partial charge is 0.497 e. The predicted molar refractivity (Wildman–Crippen MR) is 90.8 cm³/mol. The lowest BCUT2D eigenvalue weighted by Gasteiger charge is -2.04. The Hall–Kier alpha value is -3.48. The monoisotopic (exact) mass is 333 g/mol. The lowest BCUT2D eigenvalue weighted by Crippen LogP contribution is -2.04. The van der Waals surface area contributed by atoms with Crippen molar-refractivity contribution in [2.24, 2.45) is 0 Å². The van der Waals surface area contributed by atoms with Crippen molar-refractivity contribution in [3.05, 3.63) is 66.9 Å². The Morgan fingerprint density at radius 1 is 0.920 bits per heavy atom. The van der Waals surface area contributed by atoms with Crippen LogP contribution < -0.4 is 4.74 Å². The molecule has 0 amide bonds. The molecule has 0 bridgehead atoms. The van der Waals surface area contributed by atoms with Gasteiger partial charge in [0.15, 0.2) is 0 Å². The van der Waals surface area contributed by atoms with Crippen molar-refractivity contribution < 1.29 is 9.15 Å². The molecule has 25 heavy (non-hydrogen) atoms. The quantitative estimate of drug-likeness (QED) is 0.558. The second-order valence-corrected chi connectivity index (χ2v) is 5.34. The zero-order chi connectivity index (χ0) is 17.1. The maximum atomic E-state index is 5.77. The molecule has 0 unspecified atom stereocenters. The highest BCUT2D eigenvalue weighted by molar-refractivity contribution is 5.58. The van der Waals surface area contributed by atoms with Crippen molar-refractivity contribution in [2.75, 3.05) is 7.11 Å². The van der Waals surface area contributed by atoms with Crippen LogP contribution in [0.25, 0.3) is 22.7 Å². The minimum absolute atomic E-state index is 0.397. The van der Waals surface area contributed by atoms with E-state index in [0.717, 1.165) is 22.6 Å². The third-order valence-corrected chi connectivity index (χ3v) is 3.78. The topological polar surface area (TPSA) is 78.9 Å². The average molecular weight is 333 g/mol. The van der Waals surface area contributed by atoms with Crippen LogP contribution in [-0.4, -0.2) is 32.1 Å². The van der Waals surface area contributed by atoms with E-state index >= 15 is 0 Å². The van der Waals surface area contributed by atoms with Crippen molar-refractivity contribution in [1.82, 2.24) is 25.0 Å². The first kappa shape index (κ1) is 15.1. The molecule has 0 radical (unpaired) electrons. The smallest absolute Gasteiger partial charge is 0.247 e. The summed E-state index contributed by atoms with van der Waals surface area (Å²) in [6.07, 6.45) is 5.25. The molecule has 0 atom stereocenters. The van der Waals surface area contributed by atoms with Gasteiger partial charge in [0.1, 0.15) is 12.3 Å². The van der Waals surface area contributed by atoms with Crippen LogP contribution in [0, 0.1) is 0 Å². The van der Waals surface area contributed by atoms with E-state index in [9.17, 15) is 0 Å². The Bertz CT molecular complexity index is 961. The molecule has 7 nitrogen and oxygen atoms in total. The summed E-state index contributed by atoms with van der Waals surface area (Å²) < 4.78 is 12.7. The van der Waals surface area contributed by atoms with Gasteiger partial charge in [-0.3, -0.25) is 9.67 Å². The van der Waals surface area contributed by atoms with E-state index in [-0.39, 0.29) is 0 Å². The molecule has 0 aliphatic heterocycles. The number of methoxy groups -OCH3 is 1. The summed E-state index contributed by atoms with van der Waals surface area (Å²) in [5.74, 6) is 1.74. The number of ether oxygens (including phenoxy) is 1. The Morgan fingerprint density at radius 2 is 1.72 bits per heavy atom. The number of benzene rings is 1. The molecule has 3 heterocycles. The normalized spacial score (nSPS) is 10.8. The summed E-state index contributed by atoms with van der Waals surface area (Å²) in [4.78, 5) is 4.04. The van der Waals surface area contributed by atoms with Crippen LogP contribution in [0.4, 0.5) is 0 Å². The van der Waals surface area contributed by atoms with Crippen molar-refractivity contribution >= 4 is 0 Å². The van der Waals surface area contributed by atoms with E-state index in [1.54, 1.807) is 25.7 Å². The molecule has 124 valence electrons. The van der Waals surface area contributed by atoms with Gasteiger partial charge in [0.25, 0.3) is 0 Å². The molecule has 1 aromatic carbocycles. The highest BCUT2D eigenvalue weighted by Crippen LogP contribution is 2.22. The second kappa shape index (κ2) is 6.56. The van der Waals surface area contributed by atoms with Gasteiger partial charge < -0.3 is 9.15 Å². The minimum atomic E-state index is 0.397. The minimum Gasteiger partial charge on any atom is -0.497 e. The molecule has 0 aliphatic carbocycles. The fourth-order valence-corrected chi connectivity index (χ4v) is 2.52. The lowest BCUT2D eigenvalue weighted by molar-refractivity contribution is 0.415. The van der Waals surface area contributed by atoms with Crippen LogP contribution >= 0.6 is 0 Å². The van der Waals surface area contributed by atoms with Crippen molar-refractivity contribution in [3.63, 3.8) is 0 Å². The summed E-state index contributed by atoms with van der Waals surface area (Å²) in [7, 11) is 1.63. The molecule has 4 rings (SSSR count). The predicted octanol–water partition coefficient (Wildman–Crippen LogP) is 3.05. The van der Waals surface area contributed by atoms with Gasteiger partial charge in [0, 0.05) is 29.7 Å². The van der Waals surface area contributed by atoms with Crippen LogP contribution in [0.1, 0.15) is 5.89 Å². The molecule has 0 aliphatic rings. The maximum Gasteiger partial charge on any atom is 0.247 e. The average Bonchev–Trinajstić information content (AvgIpc) is 3.33. The van der Waals surface area contributed by atoms with Gasteiger partial charge in [-0.1, -0.05) is 0 Å². The molecule has 7 heteroatoms. The van der Waals surface area contributed by atoms with Gasteiger partial charge in [-0.05, 0) is 42.5 Å². The number of hydrogen-bond donors (Lipinski definition) is 0. The van der Waals surface area contributed by atoms with Gasteiger partial charge in [-0.15, -0.1) is 10.2 Å². The van der Waals surface area contributed by atoms with Crippen molar-refractivity contribution in [2.45, 2.75) is 6.54 Å². The summed E-state index contributed by atoms with van der Waals surface area (Å²) in [6.45, 7) is 0.397. The molecular formula is C18H15N5O2. The zero-order valence-electron chi connectivity index (χ0n) is 13.5. The molecular weight excluding hydrogens is 318 g/mol. The molecule has 0 spiro atoms. The van der Waals surface area contributed by atoms with E-state index in [2.05, 4.69) is 20.3 Å². The van der Waals surface area contributed by atoms with Gasteiger partial charge in [0.2, 0.25) is 11.8 Å². The number of hydrogen-bond acceptors (Lipinski definition) is 6. The Morgan fingerprint density at radius 3 is 2.48 bits per heavy atom. The first-order valence-electron chi connectivity index (χ1n) is 7.72. The molecule has 3 aromatic heterocycles. The van der Waals surface area contributed by atoms with E-state index in [1.807, 2.05) is 47.1 Å². The maximum absolute atomic E-state index is 5.77. The van der Waals surface area contributed by atoms with Crippen LogP contribution in [0.2, 0.25) is 0 Å². The third kappa shape index (κ3) is 3.12. The molecule has 0 N–H and O–H groups in total. The summed E-state index contributed by atoms with van der Waals surface area (Å²) in [6, 6.07) is 13.3. The molecule has 4 aromatic rings. The first-order valence-corrected chi connectivity index (χ1v) is 7.72.